The van der Waals surface area contributed by atoms with Crippen molar-refractivity contribution in [3.8, 4) is 33.5 Å². The van der Waals surface area contributed by atoms with Gasteiger partial charge >= 0.3 is 5.97 Å². The number of esters is 1. The Hall–Kier alpha value is -4.50. The second-order valence-corrected chi connectivity index (χ2v) is 8.00. The van der Waals surface area contributed by atoms with Gasteiger partial charge in [-0.1, -0.05) is 115 Å². The van der Waals surface area contributed by atoms with Gasteiger partial charge in [0.2, 0.25) is 0 Å². The summed E-state index contributed by atoms with van der Waals surface area (Å²) < 4.78 is 5.57. The number of carbonyl (C=O) groups excluding carboxylic acids is 1. The van der Waals surface area contributed by atoms with Gasteiger partial charge in [0.05, 0.1) is 5.69 Å². The molecule has 0 aliphatic carbocycles. The SMILES string of the molecule is O=C(OCc1ccccc1)c1cc(-c2ccccc2)cc(-c2ccc(-c3ccccc3)cc2)n1. The molecule has 0 aliphatic heterocycles. The van der Waals surface area contributed by atoms with Crippen LogP contribution in [0.15, 0.2) is 127 Å². The average Bonchev–Trinajstić information content (AvgIpc) is 2.93. The van der Waals surface area contributed by atoms with Gasteiger partial charge in [-0.25, -0.2) is 9.78 Å². The van der Waals surface area contributed by atoms with Crippen molar-refractivity contribution in [2.75, 3.05) is 0 Å². The number of benzene rings is 4. The molecule has 0 amide bonds. The van der Waals surface area contributed by atoms with Crippen molar-refractivity contribution < 1.29 is 9.53 Å². The van der Waals surface area contributed by atoms with E-state index in [-0.39, 0.29) is 6.61 Å². The van der Waals surface area contributed by atoms with Gasteiger partial charge in [0.15, 0.2) is 0 Å². The number of carbonyl (C=O) groups is 1. The fourth-order valence-corrected chi connectivity index (χ4v) is 3.84. The van der Waals surface area contributed by atoms with Gasteiger partial charge in [-0.15, -0.1) is 0 Å². The van der Waals surface area contributed by atoms with Crippen molar-refractivity contribution in [3.05, 3.63) is 139 Å². The molecular weight excluding hydrogens is 418 g/mol. The van der Waals surface area contributed by atoms with Gasteiger partial charge in [-0.3, -0.25) is 0 Å². The summed E-state index contributed by atoms with van der Waals surface area (Å²) in [5.41, 5.74) is 7.12. The smallest absolute Gasteiger partial charge is 0.357 e. The number of ether oxygens (including phenoxy) is 1. The van der Waals surface area contributed by atoms with E-state index in [1.165, 1.54) is 0 Å². The molecule has 0 radical (unpaired) electrons. The van der Waals surface area contributed by atoms with E-state index in [9.17, 15) is 4.79 Å². The molecule has 0 fully saturated rings. The molecule has 0 saturated heterocycles. The standard InChI is InChI=1S/C31H23NO2/c33-31(34-22-23-10-4-1-5-11-23)30-21-28(25-14-8-3-9-15-25)20-29(32-30)27-18-16-26(17-19-27)24-12-6-2-7-13-24/h1-21H,22H2. The number of aromatic nitrogens is 1. The Labute approximate surface area is 199 Å². The first-order valence-electron chi connectivity index (χ1n) is 11.2. The van der Waals surface area contributed by atoms with Gasteiger partial charge in [0.25, 0.3) is 0 Å². The Kier molecular flexibility index (Phi) is 6.26. The lowest BCUT2D eigenvalue weighted by Crippen LogP contribution is -2.08. The van der Waals surface area contributed by atoms with Crippen LogP contribution in [0.2, 0.25) is 0 Å². The molecule has 4 aromatic carbocycles. The molecule has 34 heavy (non-hydrogen) atoms. The lowest BCUT2D eigenvalue weighted by Gasteiger charge is -2.11. The minimum absolute atomic E-state index is 0.206. The largest absolute Gasteiger partial charge is 0.456 e. The van der Waals surface area contributed by atoms with E-state index in [4.69, 9.17) is 4.74 Å². The Morgan fingerprint density at radius 1 is 0.559 bits per heavy atom. The highest BCUT2D eigenvalue weighted by atomic mass is 16.5. The third-order valence-corrected chi connectivity index (χ3v) is 5.64. The summed E-state index contributed by atoms with van der Waals surface area (Å²) in [6, 6.07) is 41.9. The summed E-state index contributed by atoms with van der Waals surface area (Å²) in [4.78, 5) is 17.6. The number of pyridine rings is 1. The van der Waals surface area contributed by atoms with Gasteiger partial charge in [0, 0.05) is 5.56 Å². The third-order valence-electron chi connectivity index (χ3n) is 5.64. The highest BCUT2D eigenvalue weighted by Crippen LogP contribution is 2.28. The predicted molar refractivity (Wildman–Crippen MR) is 136 cm³/mol. The molecule has 0 N–H and O–H groups in total. The van der Waals surface area contributed by atoms with Crippen LogP contribution in [0.3, 0.4) is 0 Å². The molecule has 3 heteroatoms. The van der Waals surface area contributed by atoms with Crippen LogP contribution in [-0.2, 0) is 11.3 Å². The van der Waals surface area contributed by atoms with Gasteiger partial charge < -0.3 is 4.74 Å². The Morgan fingerprint density at radius 2 is 1.06 bits per heavy atom. The molecule has 0 bridgehead atoms. The first-order chi connectivity index (χ1) is 16.8. The lowest BCUT2D eigenvalue weighted by molar-refractivity contribution is 0.0466. The van der Waals surface area contributed by atoms with E-state index in [1.54, 1.807) is 6.07 Å². The minimum Gasteiger partial charge on any atom is -0.456 e. The van der Waals surface area contributed by atoms with Crippen LogP contribution < -0.4 is 0 Å². The quantitative estimate of drug-likeness (QED) is 0.257. The fourth-order valence-electron chi connectivity index (χ4n) is 3.84. The molecule has 1 heterocycles. The van der Waals surface area contributed by atoms with Crippen molar-refractivity contribution in [2.24, 2.45) is 0 Å². The predicted octanol–water partition coefficient (Wildman–Crippen LogP) is 7.44. The van der Waals surface area contributed by atoms with Crippen molar-refractivity contribution in [1.82, 2.24) is 4.98 Å². The molecular formula is C31H23NO2. The maximum absolute atomic E-state index is 12.9. The maximum Gasteiger partial charge on any atom is 0.357 e. The second kappa shape index (κ2) is 9.97. The first-order valence-corrected chi connectivity index (χ1v) is 11.2. The maximum atomic E-state index is 12.9. The average molecular weight is 442 g/mol. The second-order valence-electron chi connectivity index (χ2n) is 8.00. The van der Waals surface area contributed by atoms with Crippen LogP contribution in [-0.4, -0.2) is 11.0 Å². The van der Waals surface area contributed by atoms with Crippen LogP contribution in [0.5, 0.6) is 0 Å². The zero-order valence-electron chi connectivity index (χ0n) is 18.6. The summed E-state index contributed by atoms with van der Waals surface area (Å²) in [5, 5.41) is 0. The summed E-state index contributed by atoms with van der Waals surface area (Å²) in [5.74, 6) is -0.441. The first kappa shape index (κ1) is 21.4. The van der Waals surface area contributed by atoms with Crippen molar-refractivity contribution in [2.45, 2.75) is 6.61 Å². The number of nitrogens with zero attached hydrogens (tertiary/aromatic N) is 1. The van der Waals surface area contributed by atoms with Crippen LogP contribution in [0.25, 0.3) is 33.5 Å². The topological polar surface area (TPSA) is 39.2 Å². The summed E-state index contributed by atoms with van der Waals surface area (Å²) in [6.45, 7) is 0.206. The molecule has 0 aliphatic rings. The van der Waals surface area contributed by atoms with Gasteiger partial charge in [-0.2, -0.15) is 0 Å². The van der Waals surface area contributed by atoms with E-state index in [0.29, 0.717) is 5.69 Å². The number of hydrogen-bond acceptors (Lipinski definition) is 3. The zero-order chi connectivity index (χ0) is 23.2. The van der Waals surface area contributed by atoms with E-state index in [0.717, 1.165) is 39.1 Å². The van der Waals surface area contributed by atoms with E-state index >= 15 is 0 Å². The Balaban J connectivity index is 1.48. The number of rotatable bonds is 6. The molecule has 1 aromatic heterocycles. The van der Waals surface area contributed by atoms with E-state index < -0.39 is 5.97 Å². The summed E-state index contributed by atoms with van der Waals surface area (Å²) >= 11 is 0. The van der Waals surface area contributed by atoms with Crippen molar-refractivity contribution in [3.63, 3.8) is 0 Å². The molecule has 5 rings (SSSR count). The molecule has 0 atom stereocenters. The highest BCUT2D eigenvalue weighted by molar-refractivity contribution is 5.90. The summed E-state index contributed by atoms with van der Waals surface area (Å²) in [7, 11) is 0. The molecule has 0 spiro atoms. The van der Waals surface area contributed by atoms with Crippen LogP contribution >= 0.6 is 0 Å². The molecule has 0 saturated carbocycles. The minimum atomic E-state index is -0.441. The lowest BCUT2D eigenvalue weighted by atomic mass is 10.00. The van der Waals surface area contributed by atoms with E-state index in [1.807, 2.05) is 97.1 Å². The number of hydrogen-bond donors (Lipinski definition) is 0. The molecule has 3 nitrogen and oxygen atoms in total. The van der Waals surface area contributed by atoms with Gasteiger partial charge in [-0.05, 0) is 39.9 Å². The molecule has 164 valence electrons. The van der Waals surface area contributed by atoms with Crippen LogP contribution in [0.1, 0.15) is 16.1 Å². The Bertz CT molecular complexity index is 1380. The molecule has 0 unspecified atom stereocenters. The normalized spacial score (nSPS) is 10.6. The highest BCUT2D eigenvalue weighted by Gasteiger charge is 2.14. The van der Waals surface area contributed by atoms with Crippen molar-refractivity contribution in [1.29, 1.82) is 0 Å². The monoisotopic (exact) mass is 441 g/mol. The zero-order valence-corrected chi connectivity index (χ0v) is 18.6. The van der Waals surface area contributed by atoms with Crippen molar-refractivity contribution >= 4 is 5.97 Å². The van der Waals surface area contributed by atoms with Crippen LogP contribution in [0.4, 0.5) is 0 Å². The van der Waals surface area contributed by atoms with E-state index in [2.05, 4.69) is 29.2 Å². The fraction of sp³-hybridized carbons (Fsp3) is 0.0323. The third kappa shape index (κ3) is 4.94. The Morgan fingerprint density at radius 3 is 1.68 bits per heavy atom. The molecule has 5 aromatic rings. The van der Waals surface area contributed by atoms with Crippen LogP contribution in [0, 0.1) is 0 Å². The van der Waals surface area contributed by atoms with Gasteiger partial charge in [0.1, 0.15) is 12.3 Å². The summed E-state index contributed by atoms with van der Waals surface area (Å²) in [6.07, 6.45) is 0.